The molecule has 3 rings (SSSR count). The number of aliphatic hydroxyl groups excluding tert-OH is 1. The molecule has 7 heteroatoms. The summed E-state index contributed by atoms with van der Waals surface area (Å²) in [5.41, 5.74) is 2.77. The molecule has 0 aliphatic rings. The van der Waals surface area contributed by atoms with E-state index in [4.69, 9.17) is 11.5 Å². The van der Waals surface area contributed by atoms with Crippen LogP contribution in [0.25, 0.3) is 11.0 Å². The highest BCUT2D eigenvalue weighted by atomic mass is 16.3. The molecular formula is C17H16N6O. The maximum atomic E-state index is 9.14. The van der Waals surface area contributed by atoms with Crippen LogP contribution < -0.4 is 10.6 Å². The van der Waals surface area contributed by atoms with Crippen LogP contribution in [0.15, 0.2) is 36.8 Å². The molecule has 3 N–H and O–H groups in total. The largest absolute Gasteiger partial charge is 0.394 e. The zero-order chi connectivity index (χ0) is 16.9. The second kappa shape index (κ2) is 6.89. The summed E-state index contributed by atoms with van der Waals surface area (Å²) in [6.07, 6.45) is 8.49. The molecule has 120 valence electrons. The fourth-order valence-corrected chi connectivity index (χ4v) is 2.10. The molecule has 2 aromatic heterocycles. The van der Waals surface area contributed by atoms with Crippen LogP contribution in [-0.2, 0) is 0 Å². The zero-order valence-corrected chi connectivity index (χ0v) is 13.1. The summed E-state index contributed by atoms with van der Waals surface area (Å²) >= 11 is 0. The van der Waals surface area contributed by atoms with Gasteiger partial charge in [0.05, 0.1) is 12.8 Å². The van der Waals surface area contributed by atoms with E-state index < -0.39 is 0 Å². The van der Waals surface area contributed by atoms with Crippen molar-refractivity contribution in [2.24, 2.45) is 0 Å². The Hall–Kier alpha value is -3.24. The smallest absolute Gasteiger partial charge is 0.223 e. The van der Waals surface area contributed by atoms with Crippen LogP contribution >= 0.6 is 0 Å². The summed E-state index contributed by atoms with van der Waals surface area (Å²) in [5, 5.41) is 15.3. The summed E-state index contributed by atoms with van der Waals surface area (Å²) in [6, 6.07) is 7.30. The van der Waals surface area contributed by atoms with Gasteiger partial charge in [-0.05, 0) is 25.1 Å². The monoisotopic (exact) mass is 320 g/mol. The third kappa shape index (κ3) is 3.39. The lowest BCUT2D eigenvalue weighted by molar-refractivity contribution is 0.281. The van der Waals surface area contributed by atoms with Crippen LogP contribution in [0.2, 0.25) is 0 Å². The SMILES string of the molecule is C#Cc1cccc(Nc2ncnc3cnc(NC(C)CO)nc23)c1. The van der Waals surface area contributed by atoms with Crippen molar-refractivity contribution in [2.45, 2.75) is 13.0 Å². The molecule has 0 fully saturated rings. The maximum Gasteiger partial charge on any atom is 0.223 e. The number of terminal acetylenes is 1. The molecule has 0 saturated heterocycles. The van der Waals surface area contributed by atoms with Gasteiger partial charge in [-0.15, -0.1) is 6.42 Å². The average molecular weight is 320 g/mol. The van der Waals surface area contributed by atoms with Crippen molar-refractivity contribution in [3.8, 4) is 12.3 Å². The van der Waals surface area contributed by atoms with Crippen molar-refractivity contribution in [3.05, 3.63) is 42.4 Å². The van der Waals surface area contributed by atoms with E-state index in [2.05, 4.69) is 36.5 Å². The molecule has 0 aliphatic carbocycles. The van der Waals surface area contributed by atoms with Crippen molar-refractivity contribution in [2.75, 3.05) is 17.2 Å². The topological polar surface area (TPSA) is 95.9 Å². The fourth-order valence-electron chi connectivity index (χ4n) is 2.10. The predicted molar refractivity (Wildman–Crippen MR) is 93.0 cm³/mol. The third-order valence-corrected chi connectivity index (χ3v) is 3.32. The van der Waals surface area contributed by atoms with E-state index >= 15 is 0 Å². The van der Waals surface area contributed by atoms with Gasteiger partial charge in [0, 0.05) is 17.3 Å². The lowest BCUT2D eigenvalue weighted by Crippen LogP contribution is -2.20. The van der Waals surface area contributed by atoms with Crippen LogP contribution in [0.1, 0.15) is 12.5 Å². The van der Waals surface area contributed by atoms with Gasteiger partial charge in [0.2, 0.25) is 5.95 Å². The molecule has 1 aromatic carbocycles. The number of aliphatic hydroxyl groups is 1. The fraction of sp³-hybridized carbons (Fsp3) is 0.176. The normalized spacial score (nSPS) is 11.7. The minimum Gasteiger partial charge on any atom is -0.394 e. The molecule has 0 radical (unpaired) electrons. The van der Waals surface area contributed by atoms with Gasteiger partial charge in [0.15, 0.2) is 5.82 Å². The number of anilines is 3. The first-order valence-corrected chi connectivity index (χ1v) is 7.38. The highest BCUT2D eigenvalue weighted by Gasteiger charge is 2.09. The lowest BCUT2D eigenvalue weighted by atomic mass is 10.2. The second-order valence-corrected chi connectivity index (χ2v) is 5.23. The maximum absolute atomic E-state index is 9.14. The van der Waals surface area contributed by atoms with Crippen molar-refractivity contribution < 1.29 is 5.11 Å². The molecule has 0 amide bonds. The number of hydrogen-bond donors (Lipinski definition) is 3. The van der Waals surface area contributed by atoms with Gasteiger partial charge in [0.25, 0.3) is 0 Å². The Morgan fingerprint density at radius 3 is 2.96 bits per heavy atom. The predicted octanol–water partition coefficient (Wildman–Crippen LogP) is 1.94. The summed E-state index contributed by atoms with van der Waals surface area (Å²) in [7, 11) is 0. The van der Waals surface area contributed by atoms with Gasteiger partial charge < -0.3 is 15.7 Å². The minimum absolute atomic E-state index is 0.0172. The number of nitrogens with one attached hydrogen (secondary N) is 2. The van der Waals surface area contributed by atoms with E-state index in [-0.39, 0.29) is 12.6 Å². The molecule has 1 atom stereocenters. The first-order valence-electron chi connectivity index (χ1n) is 7.38. The molecule has 2 heterocycles. The van der Waals surface area contributed by atoms with Gasteiger partial charge in [-0.2, -0.15) is 0 Å². The Morgan fingerprint density at radius 2 is 2.17 bits per heavy atom. The van der Waals surface area contributed by atoms with E-state index in [0.717, 1.165) is 11.3 Å². The number of fused-ring (bicyclic) bond motifs is 1. The molecular weight excluding hydrogens is 304 g/mol. The summed E-state index contributed by atoms with van der Waals surface area (Å²) in [6.45, 7) is 1.82. The van der Waals surface area contributed by atoms with Crippen molar-refractivity contribution in [1.82, 2.24) is 19.9 Å². The van der Waals surface area contributed by atoms with Gasteiger partial charge in [0.1, 0.15) is 17.4 Å². The quantitative estimate of drug-likeness (QED) is 0.618. The zero-order valence-electron chi connectivity index (χ0n) is 13.1. The molecule has 24 heavy (non-hydrogen) atoms. The molecule has 0 saturated carbocycles. The van der Waals surface area contributed by atoms with Gasteiger partial charge in [-0.1, -0.05) is 12.0 Å². The first kappa shape index (κ1) is 15.6. The van der Waals surface area contributed by atoms with Crippen LogP contribution in [0.4, 0.5) is 17.5 Å². The first-order chi connectivity index (χ1) is 11.7. The molecule has 0 aliphatic heterocycles. The Labute approximate surface area is 139 Å². The number of nitrogens with zero attached hydrogens (tertiary/aromatic N) is 4. The average Bonchev–Trinajstić information content (AvgIpc) is 2.62. The summed E-state index contributed by atoms with van der Waals surface area (Å²) < 4.78 is 0. The number of aromatic nitrogens is 4. The van der Waals surface area contributed by atoms with Crippen molar-refractivity contribution in [1.29, 1.82) is 0 Å². The van der Waals surface area contributed by atoms with Gasteiger partial charge >= 0.3 is 0 Å². The van der Waals surface area contributed by atoms with Crippen molar-refractivity contribution >= 4 is 28.5 Å². The Bertz CT molecular complexity index is 905. The molecule has 1 unspecified atom stereocenters. The Balaban J connectivity index is 1.97. The van der Waals surface area contributed by atoms with Gasteiger partial charge in [-0.25, -0.2) is 19.9 Å². The highest BCUT2D eigenvalue weighted by Crippen LogP contribution is 2.22. The van der Waals surface area contributed by atoms with Crippen LogP contribution in [0.3, 0.4) is 0 Å². The minimum atomic E-state index is -0.157. The number of rotatable bonds is 5. The third-order valence-electron chi connectivity index (χ3n) is 3.32. The van der Waals surface area contributed by atoms with Gasteiger partial charge in [-0.3, -0.25) is 0 Å². The standard InChI is InChI=1S/C17H16N6O/c1-3-12-5-4-6-13(7-12)22-16-15-14(19-10-20-16)8-18-17(23-15)21-11(2)9-24/h1,4-8,10-11,24H,9H2,2H3,(H,18,21,23)(H,19,20,22). The Kier molecular flexibility index (Phi) is 4.50. The van der Waals surface area contributed by atoms with Crippen LogP contribution in [-0.4, -0.2) is 37.7 Å². The van der Waals surface area contributed by atoms with E-state index in [9.17, 15) is 0 Å². The molecule has 7 nitrogen and oxygen atoms in total. The second-order valence-electron chi connectivity index (χ2n) is 5.23. The summed E-state index contributed by atoms with van der Waals surface area (Å²) in [5.74, 6) is 3.55. The van der Waals surface area contributed by atoms with E-state index in [1.807, 2.05) is 31.2 Å². The van der Waals surface area contributed by atoms with Crippen LogP contribution in [0.5, 0.6) is 0 Å². The molecule has 0 spiro atoms. The number of hydrogen-bond acceptors (Lipinski definition) is 7. The number of benzene rings is 1. The van der Waals surface area contributed by atoms with Crippen molar-refractivity contribution in [3.63, 3.8) is 0 Å². The molecule has 0 bridgehead atoms. The van der Waals surface area contributed by atoms with Crippen LogP contribution in [0, 0.1) is 12.3 Å². The van der Waals surface area contributed by atoms with E-state index in [1.165, 1.54) is 6.33 Å². The Morgan fingerprint density at radius 1 is 1.29 bits per heavy atom. The van der Waals surface area contributed by atoms with E-state index in [0.29, 0.717) is 22.8 Å². The summed E-state index contributed by atoms with van der Waals surface area (Å²) in [4.78, 5) is 17.1. The highest BCUT2D eigenvalue weighted by molar-refractivity contribution is 5.87. The molecule has 3 aromatic rings. The lowest BCUT2D eigenvalue weighted by Gasteiger charge is -2.12. The van der Waals surface area contributed by atoms with E-state index in [1.54, 1.807) is 6.20 Å².